The van der Waals surface area contributed by atoms with Gasteiger partial charge in [-0.15, -0.1) is 0 Å². The predicted molar refractivity (Wildman–Crippen MR) is 93.8 cm³/mol. The van der Waals surface area contributed by atoms with Crippen LogP contribution in [-0.2, 0) is 16.3 Å². The normalized spacial score (nSPS) is 16.5. The summed E-state index contributed by atoms with van der Waals surface area (Å²) >= 11 is 0. The Bertz CT molecular complexity index is 779. The van der Waals surface area contributed by atoms with Crippen LogP contribution in [0.4, 0.5) is 5.82 Å². The molecule has 3 rings (SSSR count). The average Bonchev–Trinajstić information content (AvgIpc) is 3.08. The summed E-state index contributed by atoms with van der Waals surface area (Å²) in [7, 11) is -2.91. The first-order valence-corrected chi connectivity index (χ1v) is 10.3. The molecule has 0 saturated carbocycles. The van der Waals surface area contributed by atoms with Crippen molar-refractivity contribution in [3.05, 3.63) is 30.4 Å². The standard InChI is InChI=1S/C17H23N3O3S/c1-3-15-10-16(19-17(18-15)14-6-9-23-11-14)20-7-4-13(5-8-20)12-24(2,21)22/h6,9-11,13H,3-5,7-8,12H2,1-2H3. The van der Waals surface area contributed by atoms with Crippen molar-refractivity contribution in [3.63, 3.8) is 0 Å². The number of rotatable bonds is 5. The first-order chi connectivity index (χ1) is 11.4. The molecule has 130 valence electrons. The molecule has 1 aliphatic heterocycles. The number of hydrogen-bond donors (Lipinski definition) is 0. The van der Waals surface area contributed by atoms with Crippen LogP contribution in [0.1, 0.15) is 25.5 Å². The van der Waals surface area contributed by atoms with Gasteiger partial charge in [0.1, 0.15) is 21.9 Å². The largest absolute Gasteiger partial charge is 0.472 e. The lowest BCUT2D eigenvalue weighted by molar-refractivity contribution is 0.434. The van der Waals surface area contributed by atoms with Crippen LogP contribution in [0.3, 0.4) is 0 Å². The second kappa shape index (κ2) is 6.93. The van der Waals surface area contributed by atoms with Crippen molar-refractivity contribution in [1.82, 2.24) is 9.97 Å². The van der Waals surface area contributed by atoms with Gasteiger partial charge in [0, 0.05) is 31.1 Å². The first-order valence-electron chi connectivity index (χ1n) is 8.28. The molecule has 0 N–H and O–H groups in total. The molecule has 0 spiro atoms. The third-order valence-electron chi connectivity index (χ3n) is 4.38. The van der Waals surface area contributed by atoms with E-state index in [0.717, 1.165) is 49.4 Å². The lowest BCUT2D eigenvalue weighted by Crippen LogP contribution is -2.36. The highest BCUT2D eigenvalue weighted by Gasteiger charge is 2.24. The molecule has 0 aliphatic carbocycles. The maximum Gasteiger partial charge on any atom is 0.165 e. The topological polar surface area (TPSA) is 76.3 Å². The molecule has 3 heterocycles. The summed E-state index contributed by atoms with van der Waals surface area (Å²) in [5.41, 5.74) is 1.87. The highest BCUT2D eigenvalue weighted by Crippen LogP contribution is 2.26. The lowest BCUT2D eigenvalue weighted by atomic mass is 9.99. The minimum Gasteiger partial charge on any atom is -0.472 e. The quantitative estimate of drug-likeness (QED) is 0.826. The third-order valence-corrected chi connectivity index (χ3v) is 5.46. The van der Waals surface area contributed by atoms with Gasteiger partial charge >= 0.3 is 0 Å². The van der Waals surface area contributed by atoms with E-state index in [2.05, 4.69) is 21.8 Å². The minimum atomic E-state index is -2.91. The maximum absolute atomic E-state index is 11.5. The molecule has 24 heavy (non-hydrogen) atoms. The number of piperidine rings is 1. The molecular formula is C17H23N3O3S. The summed E-state index contributed by atoms with van der Waals surface area (Å²) in [5, 5.41) is 0. The molecule has 0 bridgehead atoms. The van der Waals surface area contributed by atoms with Gasteiger partial charge in [-0.1, -0.05) is 6.92 Å². The summed E-state index contributed by atoms with van der Waals surface area (Å²) < 4.78 is 28.1. The molecular weight excluding hydrogens is 326 g/mol. The van der Waals surface area contributed by atoms with Crippen LogP contribution in [0.2, 0.25) is 0 Å². The summed E-state index contributed by atoms with van der Waals surface area (Å²) in [4.78, 5) is 11.5. The summed E-state index contributed by atoms with van der Waals surface area (Å²) in [6.07, 6.45) is 7.17. The van der Waals surface area contributed by atoms with Crippen LogP contribution in [0, 0.1) is 5.92 Å². The Hall–Kier alpha value is -1.89. The van der Waals surface area contributed by atoms with Crippen molar-refractivity contribution in [2.75, 3.05) is 30.0 Å². The van der Waals surface area contributed by atoms with E-state index in [-0.39, 0.29) is 11.7 Å². The van der Waals surface area contributed by atoms with Gasteiger partial charge in [-0.05, 0) is 31.2 Å². The zero-order valence-corrected chi connectivity index (χ0v) is 14.9. The SMILES string of the molecule is CCc1cc(N2CCC(CS(C)(=O)=O)CC2)nc(-c2ccoc2)n1. The molecule has 1 fully saturated rings. The summed E-state index contributed by atoms with van der Waals surface area (Å²) in [6.45, 7) is 3.72. The van der Waals surface area contributed by atoms with Crippen LogP contribution < -0.4 is 4.90 Å². The predicted octanol–water partition coefficient (Wildman–Crippen LogP) is 2.56. The fourth-order valence-electron chi connectivity index (χ4n) is 3.10. The van der Waals surface area contributed by atoms with Crippen LogP contribution in [0.5, 0.6) is 0 Å². The fraction of sp³-hybridized carbons (Fsp3) is 0.529. The second-order valence-corrected chi connectivity index (χ2v) is 8.61. The third kappa shape index (κ3) is 4.14. The van der Waals surface area contributed by atoms with E-state index in [9.17, 15) is 8.42 Å². The van der Waals surface area contributed by atoms with E-state index in [1.165, 1.54) is 6.26 Å². The van der Waals surface area contributed by atoms with Gasteiger partial charge < -0.3 is 9.32 Å². The van der Waals surface area contributed by atoms with Crippen LogP contribution in [0.25, 0.3) is 11.4 Å². The van der Waals surface area contributed by atoms with Crippen LogP contribution in [-0.4, -0.2) is 43.5 Å². The Balaban J connectivity index is 1.77. The van der Waals surface area contributed by atoms with Crippen molar-refractivity contribution >= 4 is 15.7 Å². The highest BCUT2D eigenvalue weighted by atomic mass is 32.2. The number of sulfone groups is 1. The first kappa shape index (κ1) is 17.0. The molecule has 1 saturated heterocycles. The van der Waals surface area contributed by atoms with E-state index in [0.29, 0.717) is 5.82 Å². The molecule has 7 heteroatoms. The van der Waals surface area contributed by atoms with Crippen molar-refractivity contribution < 1.29 is 12.8 Å². The minimum absolute atomic E-state index is 0.247. The number of anilines is 1. The fourth-order valence-corrected chi connectivity index (χ4v) is 4.29. The zero-order chi connectivity index (χ0) is 17.2. The number of nitrogens with zero attached hydrogens (tertiary/aromatic N) is 3. The van der Waals surface area contributed by atoms with Gasteiger partial charge in [-0.3, -0.25) is 0 Å². The van der Waals surface area contributed by atoms with Crippen molar-refractivity contribution in [3.8, 4) is 11.4 Å². The Morgan fingerprint density at radius 1 is 1.29 bits per heavy atom. The Labute approximate surface area is 142 Å². The van der Waals surface area contributed by atoms with E-state index in [4.69, 9.17) is 4.42 Å². The Morgan fingerprint density at radius 3 is 2.62 bits per heavy atom. The second-order valence-electron chi connectivity index (χ2n) is 6.43. The molecule has 0 aromatic carbocycles. The molecule has 0 amide bonds. The zero-order valence-electron chi connectivity index (χ0n) is 14.1. The van der Waals surface area contributed by atoms with E-state index >= 15 is 0 Å². The van der Waals surface area contributed by atoms with E-state index in [1.54, 1.807) is 12.5 Å². The number of aryl methyl sites for hydroxylation is 1. The number of furan rings is 1. The smallest absolute Gasteiger partial charge is 0.165 e. The van der Waals surface area contributed by atoms with Crippen LogP contribution in [0.15, 0.2) is 29.1 Å². The van der Waals surface area contributed by atoms with Gasteiger partial charge in [0.2, 0.25) is 0 Å². The molecule has 2 aromatic heterocycles. The Kier molecular flexibility index (Phi) is 4.89. The van der Waals surface area contributed by atoms with Crippen LogP contribution >= 0.6 is 0 Å². The maximum atomic E-state index is 11.5. The summed E-state index contributed by atoms with van der Waals surface area (Å²) in [5.74, 6) is 2.12. The molecule has 0 unspecified atom stereocenters. The van der Waals surface area contributed by atoms with E-state index in [1.807, 2.05) is 12.1 Å². The lowest BCUT2D eigenvalue weighted by Gasteiger charge is -2.32. The number of hydrogen-bond acceptors (Lipinski definition) is 6. The average molecular weight is 349 g/mol. The Morgan fingerprint density at radius 2 is 2.04 bits per heavy atom. The number of aromatic nitrogens is 2. The van der Waals surface area contributed by atoms with Gasteiger partial charge in [0.15, 0.2) is 5.82 Å². The monoisotopic (exact) mass is 349 g/mol. The molecule has 0 atom stereocenters. The summed E-state index contributed by atoms with van der Waals surface area (Å²) in [6, 6.07) is 3.89. The molecule has 2 aromatic rings. The van der Waals surface area contributed by atoms with Crippen molar-refractivity contribution in [1.29, 1.82) is 0 Å². The molecule has 6 nitrogen and oxygen atoms in total. The van der Waals surface area contributed by atoms with Gasteiger partial charge in [0.25, 0.3) is 0 Å². The van der Waals surface area contributed by atoms with Crippen molar-refractivity contribution in [2.45, 2.75) is 26.2 Å². The van der Waals surface area contributed by atoms with E-state index < -0.39 is 9.84 Å². The molecule has 1 aliphatic rings. The highest BCUT2D eigenvalue weighted by molar-refractivity contribution is 7.90. The van der Waals surface area contributed by atoms with Gasteiger partial charge in [-0.2, -0.15) is 0 Å². The van der Waals surface area contributed by atoms with Gasteiger partial charge in [0.05, 0.1) is 17.6 Å². The van der Waals surface area contributed by atoms with Crippen molar-refractivity contribution in [2.24, 2.45) is 5.92 Å². The van der Waals surface area contributed by atoms with Gasteiger partial charge in [-0.25, -0.2) is 18.4 Å². The molecule has 0 radical (unpaired) electrons.